The van der Waals surface area contributed by atoms with E-state index >= 15 is 0 Å². The first-order chi connectivity index (χ1) is 9.09. The molecule has 2 heterocycles. The maximum Gasteiger partial charge on any atom is 0.326 e. The van der Waals surface area contributed by atoms with E-state index in [2.05, 4.69) is 17.1 Å². The van der Waals surface area contributed by atoms with Crippen molar-refractivity contribution in [3.63, 3.8) is 0 Å². The fourth-order valence-electron chi connectivity index (χ4n) is 2.91. The molecule has 2 amide bonds. The summed E-state index contributed by atoms with van der Waals surface area (Å²) in [6.07, 6.45) is 3.79. The second kappa shape index (κ2) is 6.23. The summed E-state index contributed by atoms with van der Waals surface area (Å²) in [5.74, 6) is -0.903. The molecule has 2 aliphatic rings. The molecule has 2 aliphatic heterocycles. The van der Waals surface area contributed by atoms with E-state index in [9.17, 15) is 9.59 Å². The van der Waals surface area contributed by atoms with Crippen molar-refractivity contribution >= 4 is 12.0 Å². The molecule has 0 bridgehead atoms. The lowest BCUT2D eigenvalue weighted by atomic mass is 10.2. The molecule has 2 unspecified atom stereocenters. The second-order valence-corrected chi connectivity index (χ2v) is 5.47. The number of aliphatic carboxylic acids is 1. The average molecular weight is 269 g/mol. The highest BCUT2D eigenvalue weighted by Crippen LogP contribution is 2.17. The van der Waals surface area contributed by atoms with Gasteiger partial charge in [0.25, 0.3) is 0 Å². The predicted octanol–water partition coefficient (Wildman–Crippen LogP) is 0.729. The van der Waals surface area contributed by atoms with Crippen molar-refractivity contribution < 1.29 is 14.7 Å². The summed E-state index contributed by atoms with van der Waals surface area (Å²) in [6, 6.07) is -0.574. The van der Waals surface area contributed by atoms with Crippen molar-refractivity contribution in [2.75, 3.05) is 26.2 Å². The third kappa shape index (κ3) is 3.37. The first-order valence-electron chi connectivity index (χ1n) is 7.11. The van der Waals surface area contributed by atoms with Gasteiger partial charge in [-0.25, -0.2) is 9.59 Å². The van der Waals surface area contributed by atoms with Crippen molar-refractivity contribution in [3.05, 3.63) is 0 Å². The SMILES string of the molecule is CC(CNC(=O)N1CCCC1C(=O)O)N1CCCC1. The third-order valence-electron chi connectivity index (χ3n) is 4.11. The van der Waals surface area contributed by atoms with E-state index in [0.717, 1.165) is 19.5 Å². The number of amides is 2. The minimum Gasteiger partial charge on any atom is -0.480 e. The van der Waals surface area contributed by atoms with Gasteiger partial charge in [-0.1, -0.05) is 0 Å². The van der Waals surface area contributed by atoms with E-state index in [1.165, 1.54) is 17.7 Å². The Morgan fingerprint density at radius 1 is 1.26 bits per heavy atom. The molecule has 2 N–H and O–H groups in total. The number of urea groups is 1. The zero-order valence-corrected chi connectivity index (χ0v) is 11.5. The van der Waals surface area contributed by atoms with E-state index in [1.807, 2.05) is 0 Å². The third-order valence-corrected chi connectivity index (χ3v) is 4.11. The minimum atomic E-state index is -0.903. The van der Waals surface area contributed by atoms with Crippen LogP contribution in [-0.4, -0.2) is 65.2 Å². The molecule has 0 aromatic carbocycles. The first kappa shape index (κ1) is 14.1. The molecule has 2 atom stereocenters. The van der Waals surface area contributed by atoms with Crippen LogP contribution in [0.25, 0.3) is 0 Å². The van der Waals surface area contributed by atoms with Crippen LogP contribution < -0.4 is 5.32 Å². The normalized spacial score (nSPS) is 25.5. The van der Waals surface area contributed by atoms with Gasteiger partial charge in [0.15, 0.2) is 0 Å². The smallest absolute Gasteiger partial charge is 0.326 e. The number of likely N-dealkylation sites (tertiary alicyclic amines) is 2. The molecule has 0 radical (unpaired) electrons. The van der Waals surface area contributed by atoms with Gasteiger partial charge in [0.05, 0.1) is 0 Å². The first-order valence-corrected chi connectivity index (χ1v) is 7.11. The summed E-state index contributed by atoms with van der Waals surface area (Å²) in [5.41, 5.74) is 0. The molecule has 6 nitrogen and oxygen atoms in total. The zero-order valence-electron chi connectivity index (χ0n) is 11.5. The molecule has 2 rings (SSSR count). The maximum atomic E-state index is 12.0. The van der Waals surface area contributed by atoms with Gasteiger partial charge in [0.2, 0.25) is 0 Å². The van der Waals surface area contributed by atoms with Crippen LogP contribution in [0.3, 0.4) is 0 Å². The van der Waals surface area contributed by atoms with E-state index < -0.39 is 12.0 Å². The van der Waals surface area contributed by atoms with Crippen LogP contribution in [-0.2, 0) is 4.79 Å². The van der Waals surface area contributed by atoms with E-state index in [4.69, 9.17) is 5.11 Å². The number of nitrogens with one attached hydrogen (secondary N) is 1. The standard InChI is InChI=1S/C13H23N3O3/c1-10(15-6-2-3-7-15)9-14-13(19)16-8-4-5-11(16)12(17)18/h10-11H,2-9H2,1H3,(H,14,19)(H,17,18). The minimum absolute atomic E-state index is 0.240. The summed E-state index contributed by atoms with van der Waals surface area (Å²) < 4.78 is 0. The summed E-state index contributed by atoms with van der Waals surface area (Å²) in [7, 11) is 0. The van der Waals surface area contributed by atoms with Crippen molar-refractivity contribution in [2.45, 2.75) is 44.7 Å². The molecule has 0 aliphatic carbocycles. The lowest BCUT2D eigenvalue weighted by molar-refractivity contribution is -0.141. The summed E-state index contributed by atoms with van der Waals surface area (Å²) in [4.78, 5) is 26.8. The number of rotatable bonds is 4. The molecule has 2 saturated heterocycles. The average Bonchev–Trinajstić information content (AvgIpc) is 3.04. The van der Waals surface area contributed by atoms with Gasteiger partial charge in [-0.2, -0.15) is 0 Å². The van der Waals surface area contributed by atoms with Crippen molar-refractivity contribution in [1.82, 2.24) is 15.1 Å². The van der Waals surface area contributed by atoms with E-state index in [-0.39, 0.29) is 6.03 Å². The van der Waals surface area contributed by atoms with Crippen molar-refractivity contribution in [1.29, 1.82) is 0 Å². The highest BCUT2D eigenvalue weighted by atomic mass is 16.4. The molecule has 0 aromatic heterocycles. The molecular weight excluding hydrogens is 246 g/mol. The number of carbonyl (C=O) groups excluding carboxylic acids is 1. The Labute approximate surface area is 113 Å². The van der Waals surface area contributed by atoms with Gasteiger partial charge in [-0.3, -0.25) is 4.90 Å². The summed E-state index contributed by atoms with van der Waals surface area (Å²) in [6.45, 7) is 5.42. The number of carboxylic acids is 1. The molecule has 2 fully saturated rings. The fraction of sp³-hybridized carbons (Fsp3) is 0.846. The number of carboxylic acid groups (broad SMARTS) is 1. The van der Waals surface area contributed by atoms with Crippen LogP contribution in [0.1, 0.15) is 32.6 Å². The summed E-state index contributed by atoms with van der Waals surface area (Å²) in [5, 5.41) is 11.9. The van der Waals surface area contributed by atoms with Crippen LogP contribution >= 0.6 is 0 Å². The monoisotopic (exact) mass is 269 g/mol. The van der Waals surface area contributed by atoms with E-state index in [0.29, 0.717) is 25.6 Å². The van der Waals surface area contributed by atoms with Gasteiger partial charge in [0.1, 0.15) is 6.04 Å². The van der Waals surface area contributed by atoms with Crippen LogP contribution in [0, 0.1) is 0 Å². The Hall–Kier alpha value is -1.30. The lowest BCUT2D eigenvalue weighted by Gasteiger charge is -2.26. The number of hydrogen-bond acceptors (Lipinski definition) is 3. The Balaban J connectivity index is 1.78. The van der Waals surface area contributed by atoms with Crippen molar-refractivity contribution in [3.8, 4) is 0 Å². The van der Waals surface area contributed by atoms with Crippen molar-refractivity contribution in [2.24, 2.45) is 0 Å². The Bertz CT molecular complexity index is 342. The molecule has 19 heavy (non-hydrogen) atoms. The second-order valence-electron chi connectivity index (χ2n) is 5.47. The van der Waals surface area contributed by atoms with Gasteiger partial charge < -0.3 is 15.3 Å². The van der Waals surface area contributed by atoms with Crippen LogP contribution in [0.2, 0.25) is 0 Å². The maximum absolute atomic E-state index is 12.0. The van der Waals surface area contributed by atoms with Gasteiger partial charge in [0, 0.05) is 19.1 Å². The summed E-state index contributed by atoms with van der Waals surface area (Å²) >= 11 is 0. The van der Waals surface area contributed by atoms with Gasteiger partial charge >= 0.3 is 12.0 Å². The van der Waals surface area contributed by atoms with Gasteiger partial charge in [-0.15, -0.1) is 0 Å². The van der Waals surface area contributed by atoms with E-state index in [1.54, 1.807) is 0 Å². The fourth-order valence-corrected chi connectivity index (χ4v) is 2.91. The Morgan fingerprint density at radius 3 is 2.58 bits per heavy atom. The molecule has 108 valence electrons. The molecule has 6 heteroatoms. The quantitative estimate of drug-likeness (QED) is 0.789. The van der Waals surface area contributed by atoms with Crippen LogP contribution in [0.5, 0.6) is 0 Å². The van der Waals surface area contributed by atoms with Crippen LogP contribution in [0.4, 0.5) is 4.79 Å². The topological polar surface area (TPSA) is 72.9 Å². The number of carbonyl (C=O) groups is 2. The van der Waals surface area contributed by atoms with Crippen LogP contribution in [0.15, 0.2) is 0 Å². The highest BCUT2D eigenvalue weighted by molar-refractivity contribution is 5.83. The zero-order chi connectivity index (χ0) is 13.8. The lowest BCUT2D eigenvalue weighted by Crippen LogP contribution is -2.49. The Morgan fingerprint density at radius 2 is 1.95 bits per heavy atom. The molecular formula is C13H23N3O3. The van der Waals surface area contributed by atoms with Gasteiger partial charge in [-0.05, 0) is 45.7 Å². The predicted molar refractivity (Wildman–Crippen MR) is 71.0 cm³/mol. The molecule has 0 saturated carbocycles. The molecule has 0 aromatic rings. The number of hydrogen-bond donors (Lipinski definition) is 2. The Kier molecular flexibility index (Phi) is 4.63. The number of nitrogens with zero attached hydrogens (tertiary/aromatic N) is 2. The largest absolute Gasteiger partial charge is 0.480 e. The highest BCUT2D eigenvalue weighted by Gasteiger charge is 2.34. The molecule has 0 spiro atoms.